The van der Waals surface area contributed by atoms with Crippen LogP contribution in [0.15, 0.2) is 73.1 Å². The van der Waals surface area contributed by atoms with Gasteiger partial charge >= 0.3 is 6.03 Å². The van der Waals surface area contributed by atoms with Gasteiger partial charge in [0.25, 0.3) is 0 Å². The average molecular weight is 374 g/mol. The van der Waals surface area contributed by atoms with Crippen LogP contribution in [0.1, 0.15) is 24.0 Å². The van der Waals surface area contributed by atoms with E-state index in [2.05, 4.69) is 46.5 Å². The van der Waals surface area contributed by atoms with Gasteiger partial charge in [0.2, 0.25) is 0 Å². The molecule has 28 heavy (non-hydrogen) atoms. The number of benzene rings is 2. The first kappa shape index (κ1) is 18.4. The molecular weight excluding hydrogens is 346 g/mol. The molecule has 1 aromatic heterocycles. The maximum absolute atomic E-state index is 12.5. The van der Waals surface area contributed by atoms with Crippen LogP contribution in [0.2, 0.25) is 0 Å². The van der Waals surface area contributed by atoms with Crippen molar-refractivity contribution in [2.75, 3.05) is 18.4 Å². The SMILES string of the molecule is Cc1cccc(NC(=O)N2CCC(Cc3ccc(-n4cccc4)cc3)CC2)c1. The summed E-state index contributed by atoms with van der Waals surface area (Å²) < 4.78 is 2.12. The highest BCUT2D eigenvalue weighted by molar-refractivity contribution is 5.89. The van der Waals surface area contributed by atoms with Gasteiger partial charge in [0.05, 0.1) is 0 Å². The van der Waals surface area contributed by atoms with Crippen molar-refractivity contribution < 1.29 is 4.79 Å². The molecule has 1 aliphatic heterocycles. The van der Waals surface area contributed by atoms with Gasteiger partial charge in [-0.15, -0.1) is 0 Å². The molecule has 1 N–H and O–H groups in total. The molecule has 0 radical (unpaired) electrons. The van der Waals surface area contributed by atoms with Gasteiger partial charge in [0, 0.05) is 36.9 Å². The number of urea groups is 1. The van der Waals surface area contributed by atoms with Crippen LogP contribution in [0, 0.1) is 12.8 Å². The lowest BCUT2D eigenvalue weighted by molar-refractivity contribution is 0.182. The normalized spacial score (nSPS) is 14.8. The highest BCUT2D eigenvalue weighted by Gasteiger charge is 2.23. The Morgan fingerprint density at radius 2 is 1.71 bits per heavy atom. The largest absolute Gasteiger partial charge is 0.325 e. The number of carbonyl (C=O) groups excluding carboxylic acids is 1. The number of nitrogens with zero attached hydrogens (tertiary/aromatic N) is 2. The molecule has 0 spiro atoms. The van der Waals surface area contributed by atoms with E-state index >= 15 is 0 Å². The first-order valence-corrected chi connectivity index (χ1v) is 10.0. The minimum atomic E-state index is 0.0140. The van der Waals surface area contributed by atoms with Crippen molar-refractivity contribution in [2.24, 2.45) is 5.92 Å². The number of likely N-dealkylation sites (tertiary alicyclic amines) is 1. The molecule has 0 atom stereocenters. The van der Waals surface area contributed by atoms with Crippen molar-refractivity contribution >= 4 is 11.7 Å². The van der Waals surface area contributed by atoms with Crippen molar-refractivity contribution in [3.8, 4) is 5.69 Å². The third-order valence-corrected chi connectivity index (χ3v) is 5.53. The van der Waals surface area contributed by atoms with Crippen LogP contribution in [-0.4, -0.2) is 28.6 Å². The minimum absolute atomic E-state index is 0.0140. The van der Waals surface area contributed by atoms with Gasteiger partial charge < -0.3 is 14.8 Å². The van der Waals surface area contributed by atoms with Gasteiger partial charge in [0.1, 0.15) is 0 Å². The second-order valence-electron chi connectivity index (χ2n) is 7.69. The quantitative estimate of drug-likeness (QED) is 0.664. The van der Waals surface area contributed by atoms with E-state index in [4.69, 9.17) is 0 Å². The maximum Gasteiger partial charge on any atom is 0.321 e. The summed E-state index contributed by atoms with van der Waals surface area (Å²) in [4.78, 5) is 14.4. The van der Waals surface area contributed by atoms with Gasteiger partial charge in [-0.25, -0.2) is 4.79 Å². The van der Waals surface area contributed by atoms with Gasteiger partial charge in [-0.1, -0.05) is 24.3 Å². The molecular formula is C24H27N3O. The average Bonchev–Trinajstić information content (AvgIpc) is 3.24. The molecule has 4 heteroatoms. The van der Waals surface area contributed by atoms with Crippen LogP contribution in [0.3, 0.4) is 0 Å². The Hall–Kier alpha value is -3.01. The van der Waals surface area contributed by atoms with E-state index in [1.54, 1.807) is 0 Å². The molecule has 2 heterocycles. The molecule has 1 aliphatic rings. The molecule has 144 valence electrons. The zero-order chi connectivity index (χ0) is 19.3. The Balaban J connectivity index is 1.27. The number of piperidine rings is 1. The summed E-state index contributed by atoms with van der Waals surface area (Å²) in [6.07, 6.45) is 7.32. The summed E-state index contributed by atoms with van der Waals surface area (Å²) in [5.74, 6) is 0.639. The van der Waals surface area contributed by atoms with Crippen LogP contribution in [0.25, 0.3) is 5.69 Å². The Kier molecular flexibility index (Phi) is 5.47. The molecule has 4 nitrogen and oxygen atoms in total. The topological polar surface area (TPSA) is 37.3 Å². The van der Waals surface area contributed by atoms with Crippen molar-refractivity contribution in [1.82, 2.24) is 9.47 Å². The number of rotatable bonds is 4. The number of amides is 2. The molecule has 2 aromatic carbocycles. The minimum Gasteiger partial charge on any atom is -0.325 e. The van der Waals surface area contributed by atoms with E-state index in [0.29, 0.717) is 5.92 Å². The molecule has 0 unspecified atom stereocenters. The third kappa shape index (κ3) is 4.45. The fraction of sp³-hybridized carbons (Fsp3) is 0.292. The predicted molar refractivity (Wildman–Crippen MR) is 114 cm³/mol. The Morgan fingerprint density at radius 1 is 1.00 bits per heavy atom. The fourth-order valence-corrected chi connectivity index (χ4v) is 3.91. The van der Waals surface area contributed by atoms with Gasteiger partial charge in [-0.05, 0) is 79.6 Å². The molecule has 1 saturated heterocycles. The summed E-state index contributed by atoms with van der Waals surface area (Å²) in [6, 6.07) is 20.9. The van der Waals surface area contributed by atoms with Crippen molar-refractivity contribution in [2.45, 2.75) is 26.2 Å². The summed E-state index contributed by atoms with van der Waals surface area (Å²) in [5.41, 5.74) is 4.59. The van der Waals surface area contributed by atoms with E-state index in [0.717, 1.165) is 43.6 Å². The number of aryl methyl sites for hydroxylation is 1. The zero-order valence-corrected chi connectivity index (χ0v) is 16.3. The number of nitrogens with one attached hydrogen (secondary N) is 1. The number of carbonyl (C=O) groups is 1. The van der Waals surface area contributed by atoms with Gasteiger partial charge in [0.15, 0.2) is 0 Å². The lowest BCUT2D eigenvalue weighted by Crippen LogP contribution is -2.41. The third-order valence-electron chi connectivity index (χ3n) is 5.53. The van der Waals surface area contributed by atoms with Crippen molar-refractivity contribution in [3.05, 3.63) is 84.2 Å². The highest BCUT2D eigenvalue weighted by atomic mass is 16.2. The molecule has 0 saturated carbocycles. The number of anilines is 1. The van der Waals surface area contributed by atoms with E-state index in [1.807, 2.05) is 48.2 Å². The second-order valence-corrected chi connectivity index (χ2v) is 7.69. The van der Waals surface area contributed by atoms with Crippen LogP contribution >= 0.6 is 0 Å². The fourth-order valence-electron chi connectivity index (χ4n) is 3.91. The number of hydrogen-bond acceptors (Lipinski definition) is 1. The van der Waals surface area contributed by atoms with Gasteiger partial charge in [-0.3, -0.25) is 0 Å². The van der Waals surface area contributed by atoms with Crippen molar-refractivity contribution in [1.29, 1.82) is 0 Å². The lowest BCUT2D eigenvalue weighted by Gasteiger charge is -2.32. The monoisotopic (exact) mass is 373 g/mol. The van der Waals surface area contributed by atoms with E-state index < -0.39 is 0 Å². The lowest BCUT2D eigenvalue weighted by atomic mass is 9.90. The smallest absolute Gasteiger partial charge is 0.321 e. The zero-order valence-electron chi connectivity index (χ0n) is 16.3. The molecule has 2 amide bonds. The predicted octanol–water partition coefficient (Wildman–Crippen LogP) is 5.27. The molecule has 1 fully saturated rings. The first-order valence-electron chi connectivity index (χ1n) is 10.0. The first-order chi connectivity index (χ1) is 13.7. The highest BCUT2D eigenvalue weighted by Crippen LogP contribution is 2.23. The van der Waals surface area contributed by atoms with Crippen LogP contribution < -0.4 is 5.32 Å². The molecule has 4 rings (SSSR count). The molecule has 3 aromatic rings. The summed E-state index contributed by atoms with van der Waals surface area (Å²) in [5, 5.41) is 3.02. The van der Waals surface area contributed by atoms with E-state index in [1.165, 1.54) is 11.3 Å². The van der Waals surface area contributed by atoms with Crippen LogP contribution in [-0.2, 0) is 6.42 Å². The van der Waals surface area contributed by atoms with Crippen LogP contribution in [0.4, 0.5) is 10.5 Å². The van der Waals surface area contributed by atoms with Gasteiger partial charge in [-0.2, -0.15) is 0 Å². The Bertz CT molecular complexity index is 907. The Labute approximate surface area is 166 Å². The maximum atomic E-state index is 12.5. The standard InChI is InChI=1S/C24H27N3O/c1-19-5-4-6-22(17-19)25-24(28)27-15-11-21(12-16-27)18-20-7-9-23(10-8-20)26-13-2-3-14-26/h2-10,13-14,17,21H,11-12,15-16,18H2,1H3,(H,25,28). The summed E-state index contributed by atoms with van der Waals surface area (Å²) >= 11 is 0. The summed E-state index contributed by atoms with van der Waals surface area (Å²) in [7, 11) is 0. The molecule has 0 aliphatic carbocycles. The van der Waals surface area contributed by atoms with E-state index in [-0.39, 0.29) is 6.03 Å². The van der Waals surface area contributed by atoms with Crippen LogP contribution in [0.5, 0.6) is 0 Å². The summed E-state index contributed by atoms with van der Waals surface area (Å²) in [6.45, 7) is 3.68. The number of aromatic nitrogens is 1. The second kappa shape index (κ2) is 8.34. The Morgan fingerprint density at radius 3 is 2.39 bits per heavy atom. The van der Waals surface area contributed by atoms with E-state index in [9.17, 15) is 4.79 Å². The molecule has 0 bridgehead atoms. The van der Waals surface area contributed by atoms with Crippen molar-refractivity contribution in [3.63, 3.8) is 0 Å². The number of hydrogen-bond donors (Lipinski definition) is 1.